The van der Waals surface area contributed by atoms with Crippen LogP contribution in [0.1, 0.15) is 23.2 Å². The van der Waals surface area contributed by atoms with E-state index in [4.69, 9.17) is 17.3 Å². The number of hydrogen-bond acceptors (Lipinski definition) is 2. The Morgan fingerprint density at radius 1 is 1.12 bits per heavy atom. The van der Waals surface area contributed by atoms with E-state index < -0.39 is 0 Å². The summed E-state index contributed by atoms with van der Waals surface area (Å²) in [6, 6.07) is 14.1. The quantitative estimate of drug-likeness (QED) is 0.624. The van der Waals surface area contributed by atoms with Crippen LogP contribution in [0.4, 0.5) is 11.4 Å². The van der Waals surface area contributed by atoms with Gasteiger partial charge in [-0.15, -0.1) is 12.4 Å². The summed E-state index contributed by atoms with van der Waals surface area (Å²) >= 11 is 5.84. The molecule has 1 amide bonds. The molecule has 0 radical (unpaired) electrons. The van der Waals surface area contributed by atoms with E-state index >= 15 is 0 Å². The number of guanidine groups is 1. The first-order chi connectivity index (χ1) is 11.6. The zero-order valence-electron chi connectivity index (χ0n) is 13.6. The summed E-state index contributed by atoms with van der Waals surface area (Å²) < 4.78 is 0. The molecule has 132 valence electrons. The molecular weight excluding hydrogens is 359 g/mol. The molecule has 1 aliphatic rings. The smallest absolute Gasteiger partial charge is 0.255 e. The number of likely N-dealkylation sites (tertiary alicyclic amines) is 1. The molecule has 5 nitrogen and oxygen atoms in total. The lowest BCUT2D eigenvalue weighted by molar-refractivity contribution is 0.102. The van der Waals surface area contributed by atoms with E-state index in [2.05, 4.69) is 15.2 Å². The number of aliphatic imine (C=N–C) groups is 1. The molecule has 1 heterocycles. The second-order valence-corrected chi connectivity index (χ2v) is 6.11. The van der Waals surface area contributed by atoms with Crippen LogP contribution in [-0.2, 0) is 0 Å². The molecular formula is C18H20Cl2N4O. The minimum Gasteiger partial charge on any atom is -0.369 e. The maximum Gasteiger partial charge on any atom is 0.255 e. The summed E-state index contributed by atoms with van der Waals surface area (Å²) in [7, 11) is 0. The topological polar surface area (TPSA) is 70.7 Å². The summed E-state index contributed by atoms with van der Waals surface area (Å²) in [5.74, 6) is 0.328. The van der Waals surface area contributed by atoms with Gasteiger partial charge < -0.3 is 16.0 Å². The van der Waals surface area contributed by atoms with Crippen LogP contribution in [0.3, 0.4) is 0 Å². The second kappa shape index (κ2) is 8.74. The number of hydrogen-bond donors (Lipinski definition) is 2. The zero-order chi connectivity index (χ0) is 16.9. The van der Waals surface area contributed by atoms with Crippen LogP contribution in [0, 0.1) is 0 Å². The standard InChI is InChI=1S/C18H19ClN4O.ClH/c19-14-8-6-13(7-9-14)17(24)21-15-4-3-5-16(12-15)22-18(20)23-10-1-2-11-23;/h3-9,12H,1-2,10-11H2,(H2,20,22)(H,21,24);1H. The first kappa shape index (κ1) is 19.1. The van der Waals surface area contributed by atoms with Gasteiger partial charge in [0.2, 0.25) is 0 Å². The molecule has 1 fully saturated rings. The number of nitrogens with one attached hydrogen (secondary N) is 1. The number of carbonyl (C=O) groups is 1. The van der Waals surface area contributed by atoms with Crippen LogP contribution < -0.4 is 11.1 Å². The van der Waals surface area contributed by atoms with Crippen LogP contribution in [0.25, 0.3) is 0 Å². The van der Waals surface area contributed by atoms with Gasteiger partial charge in [-0.3, -0.25) is 4.79 Å². The maximum atomic E-state index is 12.2. The highest BCUT2D eigenvalue weighted by Crippen LogP contribution is 2.20. The Kier molecular flexibility index (Phi) is 6.67. The summed E-state index contributed by atoms with van der Waals surface area (Å²) in [5.41, 5.74) is 7.98. The van der Waals surface area contributed by atoms with Crippen molar-refractivity contribution in [1.82, 2.24) is 4.90 Å². The van der Waals surface area contributed by atoms with Crippen molar-refractivity contribution in [3.63, 3.8) is 0 Å². The van der Waals surface area contributed by atoms with Crippen LogP contribution in [0.15, 0.2) is 53.5 Å². The third-order valence-electron chi connectivity index (χ3n) is 3.88. The summed E-state index contributed by atoms with van der Waals surface area (Å²) in [4.78, 5) is 18.8. The minimum atomic E-state index is -0.194. The van der Waals surface area contributed by atoms with Gasteiger partial charge in [0.05, 0.1) is 5.69 Å². The van der Waals surface area contributed by atoms with E-state index in [1.807, 2.05) is 18.2 Å². The van der Waals surface area contributed by atoms with Gasteiger partial charge in [0, 0.05) is 29.4 Å². The van der Waals surface area contributed by atoms with Crippen LogP contribution in [-0.4, -0.2) is 29.9 Å². The lowest BCUT2D eigenvalue weighted by Gasteiger charge is -2.15. The lowest BCUT2D eigenvalue weighted by atomic mass is 10.2. The molecule has 2 aromatic rings. The van der Waals surface area contributed by atoms with Crippen molar-refractivity contribution in [2.24, 2.45) is 10.7 Å². The third kappa shape index (κ3) is 5.11. The zero-order valence-corrected chi connectivity index (χ0v) is 15.2. The fourth-order valence-electron chi connectivity index (χ4n) is 2.61. The monoisotopic (exact) mass is 378 g/mol. The van der Waals surface area contributed by atoms with Crippen molar-refractivity contribution in [2.75, 3.05) is 18.4 Å². The Bertz CT molecular complexity index is 756. The van der Waals surface area contributed by atoms with Gasteiger partial charge in [-0.2, -0.15) is 0 Å². The fraction of sp³-hybridized carbons (Fsp3) is 0.222. The maximum absolute atomic E-state index is 12.2. The van der Waals surface area contributed by atoms with E-state index in [1.165, 1.54) is 0 Å². The number of benzene rings is 2. The van der Waals surface area contributed by atoms with Gasteiger partial charge in [0.25, 0.3) is 5.91 Å². The molecule has 1 aliphatic heterocycles. The van der Waals surface area contributed by atoms with Crippen LogP contribution >= 0.6 is 24.0 Å². The highest BCUT2D eigenvalue weighted by Gasteiger charge is 2.13. The highest BCUT2D eigenvalue weighted by molar-refractivity contribution is 6.30. The van der Waals surface area contributed by atoms with Crippen molar-refractivity contribution in [3.05, 3.63) is 59.1 Å². The number of rotatable bonds is 3. The second-order valence-electron chi connectivity index (χ2n) is 5.68. The number of nitrogens with two attached hydrogens (primary N) is 1. The number of amides is 1. The van der Waals surface area contributed by atoms with E-state index in [0.717, 1.165) is 25.9 Å². The van der Waals surface area contributed by atoms with Crippen molar-refractivity contribution in [2.45, 2.75) is 12.8 Å². The molecule has 3 N–H and O–H groups in total. The Balaban J connectivity index is 0.00000225. The first-order valence-corrected chi connectivity index (χ1v) is 8.26. The number of anilines is 1. The minimum absolute atomic E-state index is 0. The third-order valence-corrected chi connectivity index (χ3v) is 4.14. The molecule has 0 unspecified atom stereocenters. The molecule has 7 heteroatoms. The molecule has 2 aromatic carbocycles. The molecule has 0 aliphatic carbocycles. The van der Waals surface area contributed by atoms with Crippen molar-refractivity contribution < 1.29 is 4.79 Å². The van der Waals surface area contributed by atoms with Crippen LogP contribution in [0.2, 0.25) is 5.02 Å². The highest BCUT2D eigenvalue weighted by atomic mass is 35.5. The summed E-state index contributed by atoms with van der Waals surface area (Å²) in [6.07, 6.45) is 2.29. The summed E-state index contributed by atoms with van der Waals surface area (Å²) in [6.45, 7) is 1.89. The van der Waals surface area contributed by atoms with Gasteiger partial charge in [0.1, 0.15) is 0 Å². The lowest BCUT2D eigenvalue weighted by Crippen LogP contribution is -2.34. The van der Waals surface area contributed by atoms with Crippen LogP contribution in [0.5, 0.6) is 0 Å². The molecule has 1 saturated heterocycles. The number of carbonyl (C=O) groups excluding carboxylic acids is 1. The van der Waals surface area contributed by atoms with E-state index in [0.29, 0.717) is 27.9 Å². The SMILES string of the molecule is Cl.NC(=Nc1cccc(NC(=O)c2ccc(Cl)cc2)c1)N1CCCC1. The average molecular weight is 379 g/mol. The fourth-order valence-corrected chi connectivity index (χ4v) is 2.73. The molecule has 3 rings (SSSR count). The average Bonchev–Trinajstić information content (AvgIpc) is 3.10. The summed E-state index contributed by atoms with van der Waals surface area (Å²) in [5, 5.41) is 3.45. The molecule has 25 heavy (non-hydrogen) atoms. The molecule has 0 bridgehead atoms. The predicted molar refractivity (Wildman–Crippen MR) is 105 cm³/mol. The van der Waals surface area contributed by atoms with Crippen molar-refractivity contribution in [3.8, 4) is 0 Å². The Morgan fingerprint density at radius 3 is 2.48 bits per heavy atom. The Morgan fingerprint density at radius 2 is 1.80 bits per heavy atom. The molecule has 0 atom stereocenters. The molecule has 0 aromatic heterocycles. The first-order valence-electron chi connectivity index (χ1n) is 7.88. The van der Waals surface area contributed by atoms with E-state index in [9.17, 15) is 4.79 Å². The Hall–Kier alpha value is -2.24. The number of nitrogens with zero attached hydrogens (tertiary/aromatic N) is 2. The van der Waals surface area contributed by atoms with Crippen molar-refractivity contribution in [1.29, 1.82) is 0 Å². The normalized spacial score (nSPS) is 14.1. The molecule has 0 saturated carbocycles. The van der Waals surface area contributed by atoms with Gasteiger partial charge >= 0.3 is 0 Å². The predicted octanol–water partition coefficient (Wildman–Crippen LogP) is 4.06. The largest absolute Gasteiger partial charge is 0.369 e. The number of halogens is 2. The Labute approximate surface area is 158 Å². The molecule has 0 spiro atoms. The van der Waals surface area contributed by atoms with Gasteiger partial charge in [0.15, 0.2) is 5.96 Å². The van der Waals surface area contributed by atoms with E-state index in [1.54, 1.807) is 30.3 Å². The van der Waals surface area contributed by atoms with Gasteiger partial charge in [-0.25, -0.2) is 4.99 Å². The van der Waals surface area contributed by atoms with Gasteiger partial charge in [-0.1, -0.05) is 17.7 Å². The van der Waals surface area contributed by atoms with Gasteiger partial charge in [-0.05, 0) is 55.3 Å². The van der Waals surface area contributed by atoms with E-state index in [-0.39, 0.29) is 18.3 Å². The van der Waals surface area contributed by atoms with Crippen molar-refractivity contribution >= 4 is 47.2 Å².